The molecule has 2 N–H and O–H groups in total. The van der Waals surface area contributed by atoms with Crippen LogP contribution in [0.4, 0.5) is 5.95 Å². The summed E-state index contributed by atoms with van der Waals surface area (Å²) in [6.07, 6.45) is 1.57. The van der Waals surface area contributed by atoms with Crippen molar-refractivity contribution >= 4 is 12.2 Å². The third-order valence-electron chi connectivity index (χ3n) is 4.80. The summed E-state index contributed by atoms with van der Waals surface area (Å²) < 4.78 is 5.76. The monoisotopic (exact) mass is 446 g/mol. The number of hydrogen-bond acceptors (Lipinski definition) is 7. The summed E-state index contributed by atoms with van der Waals surface area (Å²) in [7, 11) is 0. The van der Waals surface area contributed by atoms with Crippen LogP contribution in [0.1, 0.15) is 22.3 Å². The maximum Gasteiger partial charge on any atom is 0.270 e. The van der Waals surface area contributed by atoms with Crippen molar-refractivity contribution in [1.82, 2.24) is 9.97 Å². The third kappa shape index (κ3) is 5.34. The van der Waals surface area contributed by atoms with Gasteiger partial charge in [0.1, 0.15) is 24.0 Å². The summed E-state index contributed by atoms with van der Waals surface area (Å²) in [5, 5.41) is 22.4. The summed E-state index contributed by atoms with van der Waals surface area (Å²) in [5.41, 5.74) is 5.34. The van der Waals surface area contributed by atoms with E-state index in [0.29, 0.717) is 23.5 Å². The number of anilines is 1. The second-order valence-electron chi connectivity index (χ2n) is 7.16. The van der Waals surface area contributed by atoms with Crippen molar-refractivity contribution in [3.8, 4) is 29.1 Å². The van der Waals surface area contributed by atoms with Crippen molar-refractivity contribution in [3.63, 3.8) is 0 Å². The Morgan fingerprint density at radius 2 is 1.79 bits per heavy atom. The molecular formula is C26H18N6O2. The van der Waals surface area contributed by atoms with Gasteiger partial charge in [-0.05, 0) is 47.5 Å². The van der Waals surface area contributed by atoms with E-state index in [-0.39, 0.29) is 17.2 Å². The zero-order valence-electron chi connectivity index (χ0n) is 17.9. The van der Waals surface area contributed by atoms with Gasteiger partial charge in [-0.15, -0.1) is 0 Å². The van der Waals surface area contributed by atoms with Crippen molar-refractivity contribution in [3.05, 3.63) is 111 Å². The molecule has 0 amide bonds. The fraction of sp³-hybridized carbons (Fsp3) is 0.0385. The number of hydrogen-bond donors (Lipinski definition) is 2. The lowest BCUT2D eigenvalue weighted by Crippen LogP contribution is -2.16. The van der Waals surface area contributed by atoms with Gasteiger partial charge in [-0.2, -0.15) is 15.6 Å². The Morgan fingerprint density at radius 1 is 1.00 bits per heavy atom. The smallest absolute Gasteiger partial charge is 0.270 e. The lowest BCUT2D eigenvalue weighted by molar-refractivity contribution is 0.306. The van der Waals surface area contributed by atoms with Crippen LogP contribution in [-0.2, 0) is 6.61 Å². The molecule has 0 unspecified atom stereocenters. The summed E-state index contributed by atoms with van der Waals surface area (Å²) >= 11 is 0. The van der Waals surface area contributed by atoms with E-state index in [1.165, 1.54) is 0 Å². The first-order valence-corrected chi connectivity index (χ1v) is 10.3. The van der Waals surface area contributed by atoms with Crippen LogP contribution in [0.15, 0.2) is 88.8 Å². The summed E-state index contributed by atoms with van der Waals surface area (Å²) in [6.45, 7) is 0.353. The van der Waals surface area contributed by atoms with Gasteiger partial charge in [0, 0.05) is 5.56 Å². The van der Waals surface area contributed by atoms with Crippen LogP contribution >= 0.6 is 0 Å². The normalized spacial score (nSPS) is 10.4. The molecule has 0 saturated heterocycles. The minimum Gasteiger partial charge on any atom is -0.489 e. The lowest BCUT2D eigenvalue weighted by Gasteiger charge is -2.07. The van der Waals surface area contributed by atoms with Crippen LogP contribution in [-0.4, -0.2) is 16.2 Å². The number of hydrazone groups is 1. The number of nitrogens with zero attached hydrogens (tertiary/aromatic N) is 4. The molecule has 164 valence electrons. The third-order valence-corrected chi connectivity index (χ3v) is 4.80. The van der Waals surface area contributed by atoms with Crippen LogP contribution in [0.2, 0.25) is 0 Å². The quantitative estimate of drug-likeness (QED) is 0.323. The molecule has 0 spiro atoms. The highest BCUT2D eigenvalue weighted by atomic mass is 16.5. The molecule has 3 aromatic carbocycles. The average molecular weight is 446 g/mol. The van der Waals surface area contributed by atoms with E-state index >= 15 is 0 Å². The molecular weight excluding hydrogens is 428 g/mol. The Balaban J connectivity index is 1.42. The first-order valence-electron chi connectivity index (χ1n) is 10.3. The number of rotatable bonds is 7. The molecule has 1 heterocycles. The minimum atomic E-state index is -0.545. The molecule has 0 fully saturated rings. The van der Waals surface area contributed by atoms with Crippen LogP contribution in [0.5, 0.6) is 5.75 Å². The number of benzene rings is 3. The highest BCUT2D eigenvalue weighted by Crippen LogP contribution is 2.19. The van der Waals surface area contributed by atoms with E-state index in [4.69, 9.17) is 10.00 Å². The van der Waals surface area contributed by atoms with Crippen LogP contribution in [0.3, 0.4) is 0 Å². The van der Waals surface area contributed by atoms with Crippen LogP contribution in [0.25, 0.3) is 11.3 Å². The van der Waals surface area contributed by atoms with Crippen molar-refractivity contribution < 1.29 is 4.74 Å². The van der Waals surface area contributed by atoms with Crippen LogP contribution < -0.4 is 15.7 Å². The number of H-pyrrole nitrogens is 1. The van der Waals surface area contributed by atoms with Crippen molar-refractivity contribution in [2.45, 2.75) is 6.61 Å². The number of nitriles is 2. The number of ether oxygens (including phenoxy) is 1. The predicted octanol–water partition coefficient (Wildman–Crippen LogP) is 4.21. The Labute approximate surface area is 195 Å². The van der Waals surface area contributed by atoms with Gasteiger partial charge in [-0.3, -0.25) is 9.78 Å². The fourth-order valence-electron chi connectivity index (χ4n) is 3.15. The largest absolute Gasteiger partial charge is 0.489 e. The van der Waals surface area contributed by atoms with Gasteiger partial charge in [0.05, 0.1) is 23.5 Å². The van der Waals surface area contributed by atoms with Gasteiger partial charge < -0.3 is 4.74 Å². The van der Waals surface area contributed by atoms with Crippen molar-refractivity contribution in [1.29, 1.82) is 10.5 Å². The van der Waals surface area contributed by atoms with E-state index in [0.717, 1.165) is 11.1 Å². The summed E-state index contributed by atoms with van der Waals surface area (Å²) in [4.78, 5) is 19.2. The molecule has 8 heteroatoms. The number of aromatic amines is 1. The zero-order chi connectivity index (χ0) is 23.8. The Hall–Kier alpha value is -5.21. The van der Waals surface area contributed by atoms with Gasteiger partial charge in [-0.25, -0.2) is 10.4 Å². The Kier molecular flexibility index (Phi) is 6.73. The number of aromatic nitrogens is 2. The molecule has 34 heavy (non-hydrogen) atoms. The molecule has 0 bridgehead atoms. The van der Waals surface area contributed by atoms with Gasteiger partial charge >= 0.3 is 0 Å². The van der Waals surface area contributed by atoms with E-state index in [9.17, 15) is 10.1 Å². The average Bonchev–Trinajstić information content (AvgIpc) is 2.88. The van der Waals surface area contributed by atoms with E-state index < -0.39 is 5.56 Å². The maximum absolute atomic E-state index is 12.3. The standard InChI is InChI=1S/C26H18N6O2/c27-14-19-5-4-6-20(13-19)17-34-22-11-9-18(10-12-22)16-29-32-26-30-24(21-7-2-1-3-8-21)23(15-28)25(33)31-26/h1-13,16H,17H2,(H2,30,31,32,33). The second kappa shape index (κ2) is 10.4. The summed E-state index contributed by atoms with van der Waals surface area (Å²) in [5.74, 6) is 0.803. The van der Waals surface area contributed by atoms with Gasteiger partial charge in [0.2, 0.25) is 5.95 Å². The molecule has 8 nitrogen and oxygen atoms in total. The molecule has 0 atom stereocenters. The topological polar surface area (TPSA) is 127 Å². The summed E-state index contributed by atoms with van der Waals surface area (Å²) in [6, 6.07) is 27.6. The molecule has 4 aromatic rings. The van der Waals surface area contributed by atoms with E-state index in [1.54, 1.807) is 42.6 Å². The van der Waals surface area contributed by atoms with E-state index in [2.05, 4.69) is 26.6 Å². The highest BCUT2D eigenvalue weighted by molar-refractivity contribution is 5.80. The lowest BCUT2D eigenvalue weighted by atomic mass is 10.1. The molecule has 0 saturated carbocycles. The Morgan fingerprint density at radius 3 is 2.53 bits per heavy atom. The minimum absolute atomic E-state index is 0.0596. The molecule has 1 aromatic heterocycles. The molecule has 0 aliphatic rings. The fourth-order valence-corrected chi connectivity index (χ4v) is 3.15. The van der Waals surface area contributed by atoms with Gasteiger partial charge in [-0.1, -0.05) is 42.5 Å². The predicted molar refractivity (Wildman–Crippen MR) is 128 cm³/mol. The first kappa shape index (κ1) is 22.0. The molecule has 0 aliphatic heterocycles. The zero-order valence-corrected chi connectivity index (χ0v) is 17.9. The molecule has 4 rings (SSSR count). The molecule has 0 aliphatic carbocycles. The molecule has 0 radical (unpaired) electrons. The van der Waals surface area contributed by atoms with Crippen molar-refractivity contribution in [2.75, 3.05) is 5.43 Å². The SMILES string of the molecule is N#Cc1cccc(COc2ccc(C=NNc3nc(-c4ccccc4)c(C#N)c(=O)[nH]3)cc2)c1. The first-order chi connectivity index (χ1) is 16.7. The van der Waals surface area contributed by atoms with Crippen molar-refractivity contribution in [2.24, 2.45) is 5.10 Å². The maximum atomic E-state index is 12.3. The number of nitrogens with one attached hydrogen (secondary N) is 2. The van der Waals surface area contributed by atoms with Gasteiger partial charge in [0.25, 0.3) is 5.56 Å². The van der Waals surface area contributed by atoms with Gasteiger partial charge in [0.15, 0.2) is 0 Å². The van der Waals surface area contributed by atoms with E-state index in [1.807, 2.05) is 48.5 Å². The Bertz CT molecular complexity index is 1460. The second-order valence-corrected chi connectivity index (χ2v) is 7.16. The highest BCUT2D eigenvalue weighted by Gasteiger charge is 2.12. The van der Waals surface area contributed by atoms with Crippen LogP contribution in [0, 0.1) is 22.7 Å².